The summed E-state index contributed by atoms with van der Waals surface area (Å²) in [7, 11) is 0. The summed E-state index contributed by atoms with van der Waals surface area (Å²) in [5.74, 6) is 1.62. The summed E-state index contributed by atoms with van der Waals surface area (Å²) in [6.07, 6.45) is 6.36. The molecule has 0 atom stereocenters. The number of rotatable bonds is 3. The van der Waals surface area contributed by atoms with E-state index in [0.717, 1.165) is 48.9 Å². The molecule has 0 N–H and O–H groups in total. The predicted molar refractivity (Wildman–Crippen MR) is 86.8 cm³/mol. The molecule has 0 aliphatic carbocycles. The minimum Gasteiger partial charge on any atom is -0.448 e. The van der Waals surface area contributed by atoms with E-state index >= 15 is 0 Å². The third kappa shape index (κ3) is 3.11. The van der Waals surface area contributed by atoms with Gasteiger partial charge < -0.3 is 4.42 Å². The monoisotopic (exact) mass is 326 g/mol. The summed E-state index contributed by atoms with van der Waals surface area (Å²) < 4.78 is 5.44. The Kier molecular flexibility index (Phi) is 3.81. The number of furan rings is 1. The number of halogens is 1. The second-order valence-electron chi connectivity index (χ2n) is 5.57. The summed E-state index contributed by atoms with van der Waals surface area (Å²) in [4.78, 5) is 15.6. The summed E-state index contributed by atoms with van der Waals surface area (Å²) >= 11 is 5.82. The van der Waals surface area contributed by atoms with Gasteiger partial charge >= 0.3 is 0 Å². The van der Waals surface area contributed by atoms with Crippen molar-refractivity contribution in [3.05, 3.63) is 65.1 Å². The average Bonchev–Trinajstić information content (AvgIpc) is 3.00. The largest absolute Gasteiger partial charge is 0.448 e. The lowest BCUT2D eigenvalue weighted by Gasteiger charge is -2.27. The molecule has 0 bridgehead atoms. The van der Waals surface area contributed by atoms with Crippen LogP contribution in [0.5, 0.6) is 0 Å². The highest BCUT2D eigenvalue weighted by Gasteiger charge is 2.19. The number of fused-ring (bicyclic) bond motifs is 1. The molecule has 4 heterocycles. The van der Waals surface area contributed by atoms with Gasteiger partial charge in [-0.1, -0.05) is 0 Å². The zero-order valence-corrected chi connectivity index (χ0v) is 13.2. The first-order valence-corrected chi connectivity index (χ1v) is 7.87. The quantitative estimate of drug-likeness (QED) is 0.739. The van der Waals surface area contributed by atoms with Gasteiger partial charge in [0.15, 0.2) is 11.0 Å². The van der Waals surface area contributed by atoms with Gasteiger partial charge in [0.25, 0.3) is 0 Å². The van der Waals surface area contributed by atoms with Gasteiger partial charge in [-0.25, -0.2) is 9.97 Å². The van der Waals surface area contributed by atoms with E-state index in [1.54, 1.807) is 18.5 Å². The number of hydrogen-bond acceptors (Lipinski definition) is 5. The van der Waals surface area contributed by atoms with E-state index in [2.05, 4.69) is 14.9 Å². The Morgan fingerprint density at radius 2 is 2.17 bits per heavy atom. The summed E-state index contributed by atoms with van der Waals surface area (Å²) in [5, 5.41) is 0.432. The van der Waals surface area contributed by atoms with Crippen LogP contribution in [0.1, 0.15) is 17.0 Å². The average molecular weight is 327 g/mol. The third-order valence-electron chi connectivity index (χ3n) is 3.94. The van der Waals surface area contributed by atoms with Gasteiger partial charge in [0.1, 0.15) is 5.76 Å². The maximum Gasteiger partial charge on any atom is 0.193 e. The summed E-state index contributed by atoms with van der Waals surface area (Å²) in [6, 6.07) is 7.57. The second-order valence-corrected chi connectivity index (χ2v) is 5.95. The van der Waals surface area contributed by atoms with E-state index in [4.69, 9.17) is 21.0 Å². The van der Waals surface area contributed by atoms with E-state index in [1.165, 1.54) is 5.56 Å². The van der Waals surface area contributed by atoms with E-state index in [1.807, 2.05) is 24.4 Å². The molecule has 116 valence electrons. The molecule has 3 aromatic heterocycles. The molecule has 0 amide bonds. The van der Waals surface area contributed by atoms with Crippen molar-refractivity contribution in [3.8, 4) is 11.4 Å². The van der Waals surface area contributed by atoms with Crippen molar-refractivity contribution in [1.29, 1.82) is 0 Å². The first-order valence-electron chi connectivity index (χ1n) is 7.50. The highest BCUT2D eigenvalue weighted by Crippen LogP contribution is 2.22. The van der Waals surface area contributed by atoms with Crippen molar-refractivity contribution < 1.29 is 4.42 Å². The van der Waals surface area contributed by atoms with Crippen LogP contribution in [0, 0.1) is 0 Å². The lowest BCUT2D eigenvalue weighted by atomic mass is 10.1. The Morgan fingerprint density at radius 3 is 2.96 bits per heavy atom. The van der Waals surface area contributed by atoms with Gasteiger partial charge in [-0.05, 0) is 35.9 Å². The van der Waals surface area contributed by atoms with Gasteiger partial charge in [-0.3, -0.25) is 9.88 Å². The molecule has 0 fully saturated rings. The van der Waals surface area contributed by atoms with E-state index in [9.17, 15) is 0 Å². The van der Waals surface area contributed by atoms with Gasteiger partial charge in [-0.15, -0.1) is 0 Å². The zero-order chi connectivity index (χ0) is 15.6. The Bertz CT molecular complexity index is 818. The minimum absolute atomic E-state index is 0.432. The van der Waals surface area contributed by atoms with Gasteiger partial charge in [-0.2, -0.15) is 0 Å². The van der Waals surface area contributed by atoms with Crippen LogP contribution in [0.3, 0.4) is 0 Å². The van der Waals surface area contributed by atoms with Crippen LogP contribution >= 0.6 is 11.6 Å². The Hall–Kier alpha value is -2.24. The molecule has 0 aromatic carbocycles. The highest BCUT2D eigenvalue weighted by atomic mass is 35.5. The number of aromatic nitrogens is 3. The maximum absolute atomic E-state index is 5.82. The summed E-state index contributed by atoms with van der Waals surface area (Å²) in [5.41, 5.74) is 3.23. The lowest BCUT2D eigenvalue weighted by Crippen LogP contribution is -2.30. The van der Waals surface area contributed by atoms with Crippen LogP contribution < -0.4 is 0 Å². The molecule has 0 unspecified atom stereocenters. The molecule has 1 aliphatic rings. The molecule has 4 rings (SSSR count). The van der Waals surface area contributed by atoms with Gasteiger partial charge in [0, 0.05) is 49.2 Å². The molecule has 3 aromatic rings. The highest BCUT2D eigenvalue weighted by molar-refractivity contribution is 6.28. The fraction of sp³-hybridized carbons (Fsp3) is 0.235. The fourth-order valence-electron chi connectivity index (χ4n) is 2.80. The molecule has 23 heavy (non-hydrogen) atoms. The Balaban J connectivity index is 1.52. The molecule has 0 spiro atoms. The van der Waals surface area contributed by atoms with Crippen molar-refractivity contribution in [1.82, 2.24) is 19.9 Å². The third-order valence-corrected chi connectivity index (χ3v) is 4.14. The predicted octanol–water partition coefficient (Wildman–Crippen LogP) is 3.34. The van der Waals surface area contributed by atoms with Crippen molar-refractivity contribution in [3.63, 3.8) is 0 Å². The second kappa shape index (κ2) is 6.10. The first-order chi connectivity index (χ1) is 11.3. The van der Waals surface area contributed by atoms with Crippen LogP contribution in [0.2, 0.25) is 5.22 Å². The molecular formula is C17H15ClN4O. The van der Waals surface area contributed by atoms with Gasteiger partial charge in [0.2, 0.25) is 0 Å². The number of pyridine rings is 1. The molecule has 5 nitrogen and oxygen atoms in total. The van der Waals surface area contributed by atoms with Crippen LogP contribution in [0.15, 0.2) is 47.3 Å². The van der Waals surface area contributed by atoms with E-state index < -0.39 is 0 Å². The Morgan fingerprint density at radius 1 is 1.22 bits per heavy atom. The van der Waals surface area contributed by atoms with Crippen LogP contribution in [0.25, 0.3) is 11.4 Å². The fourth-order valence-corrected chi connectivity index (χ4v) is 2.96. The molecule has 0 saturated carbocycles. The lowest BCUT2D eigenvalue weighted by molar-refractivity contribution is 0.223. The van der Waals surface area contributed by atoms with Crippen molar-refractivity contribution >= 4 is 11.6 Å². The zero-order valence-electron chi connectivity index (χ0n) is 12.4. The van der Waals surface area contributed by atoms with E-state index in [-0.39, 0.29) is 0 Å². The molecule has 0 radical (unpaired) electrons. The topological polar surface area (TPSA) is 55.1 Å². The first kappa shape index (κ1) is 14.4. The Labute approximate surface area is 139 Å². The standard InChI is InChI=1S/C17H15ClN4O/c18-16-4-3-14(23-16)11-22-7-5-15-13(10-22)9-20-17(21-15)12-2-1-6-19-8-12/h1-4,6,8-9H,5,7,10-11H2. The minimum atomic E-state index is 0.432. The molecule has 0 saturated heterocycles. The SMILES string of the molecule is Clc1ccc(CN2CCc3nc(-c4cccnc4)ncc3C2)o1. The van der Waals surface area contributed by atoms with Crippen LogP contribution in [-0.2, 0) is 19.5 Å². The van der Waals surface area contributed by atoms with Crippen LogP contribution in [0.4, 0.5) is 0 Å². The van der Waals surface area contributed by atoms with Gasteiger partial charge in [0.05, 0.1) is 12.2 Å². The van der Waals surface area contributed by atoms with Crippen molar-refractivity contribution in [2.24, 2.45) is 0 Å². The molecular weight excluding hydrogens is 312 g/mol. The molecule has 1 aliphatic heterocycles. The molecule has 6 heteroatoms. The van der Waals surface area contributed by atoms with Crippen LogP contribution in [-0.4, -0.2) is 26.4 Å². The van der Waals surface area contributed by atoms with Crippen molar-refractivity contribution in [2.45, 2.75) is 19.5 Å². The van der Waals surface area contributed by atoms with E-state index in [0.29, 0.717) is 5.22 Å². The smallest absolute Gasteiger partial charge is 0.193 e. The van der Waals surface area contributed by atoms with Crippen molar-refractivity contribution in [2.75, 3.05) is 6.54 Å². The maximum atomic E-state index is 5.82. The summed E-state index contributed by atoms with van der Waals surface area (Å²) in [6.45, 7) is 2.51. The normalized spacial score (nSPS) is 14.7. The number of hydrogen-bond donors (Lipinski definition) is 0. The number of nitrogens with zero attached hydrogens (tertiary/aromatic N) is 4.